The minimum atomic E-state index is -0.316. The Morgan fingerprint density at radius 3 is 2.70 bits per heavy atom. The second kappa shape index (κ2) is 9.29. The van der Waals surface area contributed by atoms with E-state index < -0.39 is 0 Å². The van der Waals surface area contributed by atoms with Crippen LogP contribution in [0.4, 0.5) is 10.5 Å². The summed E-state index contributed by atoms with van der Waals surface area (Å²) >= 11 is 0. The normalized spacial score (nSPS) is 15.8. The molecule has 2 amide bonds. The van der Waals surface area contributed by atoms with Crippen molar-refractivity contribution >= 4 is 11.7 Å². The Balaban J connectivity index is 1.62. The number of urea groups is 1. The lowest BCUT2D eigenvalue weighted by Gasteiger charge is -2.33. The first-order valence-corrected chi connectivity index (χ1v) is 8.83. The van der Waals surface area contributed by atoms with Crippen molar-refractivity contribution in [2.75, 3.05) is 52.4 Å². The van der Waals surface area contributed by atoms with Gasteiger partial charge in [0.1, 0.15) is 17.3 Å². The molecule has 1 saturated heterocycles. The lowest BCUT2D eigenvalue weighted by atomic mass is 10.1. The number of nitrogens with one attached hydrogen (secondary N) is 2. The quantitative estimate of drug-likeness (QED) is 0.773. The first kappa shape index (κ1) is 19.1. The molecule has 0 spiro atoms. The van der Waals surface area contributed by atoms with E-state index in [9.17, 15) is 4.79 Å². The maximum absolute atomic E-state index is 12.4. The summed E-state index contributed by atoms with van der Waals surface area (Å²) in [6.07, 6.45) is 1.64. The summed E-state index contributed by atoms with van der Waals surface area (Å²) in [5, 5.41) is 5.73. The number of furan rings is 1. The number of carbonyl (C=O) groups is 1. The van der Waals surface area contributed by atoms with Gasteiger partial charge < -0.3 is 29.3 Å². The first-order valence-electron chi connectivity index (χ1n) is 8.83. The van der Waals surface area contributed by atoms with Crippen LogP contribution in [0.1, 0.15) is 11.8 Å². The van der Waals surface area contributed by atoms with E-state index in [4.69, 9.17) is 18.6 Å². The number of ether oxygens (including phenoxy) is 3. The number of methoxy groups -OCH3 is 2. The van der Waals surface area contributed by atoms with Crippen molar-refractivity contribution in [2.24, 2.45) is 0 Å². The van der Waals surface area contributed by atoms with Crippen molar-refractivity contribution in [1.82, 2.24) is 10.2 Å². The van der Waals surface area contributed by atoms with E-state index in [1.807, 2.05) is 12.1 Å². The highest BCUT2D eigenvalue weighted by Gasteiger charge is 2.25. The average molecular weight is 375 g/mol. The van der Waals surface area contributed by atoms with Crippen LogP contribution < -0.4 is 20.1 Å². The topological polar surface area (TPSA) is 85.2 Å². The first-order chi connectivity index (χ1) is 13.2. The SMILES string of the molecule is COc1ccc(NC(=O)NCC(c2ccco2)N2CCOCC2)c(OC)c1. The molecule has 2 heterocycles. The lowest BCUT2D eigenvalue weighted by molar-refractivity contribution is 0.0124. The third kappa shape index (κ3) is 4.93. The van der Waals surface area contributed by atoms with Gasteiger partial charge in [0.05, 0.1) is 45.4 Å². The Morgan fingerprint density at radius 1 is 1.22 bits per heavy atom. The van der Waals surface area contributed by atoms with Crippen LogP contribution in [0.15, 0.2) is 41.0 Å². The second-order valence-electron chi connectivity index (χ2n) is 6.08. The molecule has 27 heavy (non-hydrogen) atoms. The number of carbonyl (C=O) groups excluding carboxylic acids is 1. The molecule has 8 nitrogen and oxygen atoms in total. The monoisotopic (exact) mass is 375 g/mol. The predicted octanol–water partition coefficient (Wildman–Crippen LogP) is 2.49. The third-order valence-electron chi connectivity index (χ3n) is 4.47. The van der Waals surface area contributed by atoms with Crippen LogP contribution in [0.3, 0.4) is 0 Å². The van der Waals surface area contributed by atoms with Crippen LogP contribution in [0.2, 0.25) is 0 Å². The highest BCUT2D eigenvalue weighted by Crippen LogP contribution is 2.29. The zero-order chi connectivity index (χ0) is 19.1. The fourth-order valence-electron chi connectivity index (χ4n) is 3.04. The number of hydrogen-bond donors (Lipinski definition) is 2. The van der Waals surface area contributed by atoms with Crippen LogP contribution in [0.5, 0.6) is 11.5 Å². The summed E-state index contributed by atoms with van der Waals surface area (Å²) in [7, 11) is 3.12. The molecule has 1 aromatic heterocycles. The smallest absolute Gasteiger partial charge is 0.319 e. The minimum absolute atomic E-state index is 0.0487. The molecule has 0 saturated carbocycles. The molecule has 1 atom stereocenters. The van der Waals surface area contributed by atoms with Gasteiger partial charge in [-0.05, 0) is 24.3 Å². The van der Waals surface area contributed by atoms with Gasteiger partial charge in [0.15, 0.2) is 0 Å². The molecule has 146 valence electrons. The molecular weight excluding hydrogens is 350 g/mol. The maximum Gasteiger partial charge on any atom is 0.319 e. The van der Waals surface area contributed by atoms with Gasteiger partial charge in [-0.3, -0.25) is 4.90 Å². The van der Waals surface area contributed by atoms with Crippen LogP contribution in [-0.4, -0.2) is 58.0 Å². The number of amides is 2. The predicted molar refractivity (Wildman–Crippen MR) is 100 cm³/mol. The highest BCUT2D eigenvalue weighted by molar-refractivity contribution is 5.91. The summed E-state index contributed by atoms with van der Waals surface area (Å²) in [6.45, 7) is 3.35. The summed E-state index contributed by atoms with van der Waals surface area (Å²) in [6, 6.07) is 8.63. The maximum atomic E-state index is 12.4. The molecule has 1 unspecified atom stereocenters. The minimum Gasteiger partial charge on any atom is -0.497 e. The van der Waals surface area contributed by atoms with Crippen LogP contribution in [0.25, 0.3) is 0 Å². The Hall–Kier alpha value is -2.71. The van der Waals surface area contributed by atoms with Crippen LogP contribution in [-0.2, 0) is 4.74 Å². The van der Waals surface area contributed by atoms with Gasteiger partial charge in [0.25, 0.3) is 0 Å². The number of hydrogen-bond acceptors (Lipinski definition) is 6. The molecule has 1 aliphatic rings. The second-order valence-corrected chi connectivity index (χ2v) is 6.08. The fourth-order valence-corrected chi connectivity index (χ4v) is 3.04. The molecule has 0 radical (unpaired) electrons. The Kier molecular flexibility index (Phi) is 6.56. The molecule has 1 aromatic carbocycles. The summed E-state index contributed by atoms with van der Waals surface area (Å²) in [5.74, 6) is 2.00. The van der Waals surface area contributed by atoms with Gasteiger partial charge in [-0.25, -0.2) is 4.79 Å². The van der Waals surface area contributed by atoms with Gasteiger partial charge >= 0.3 is 6.03 Å². The standard InChI is InChI=1S/C19H25N3O5/c1-24-14-5-6-15(18(12-14)25-2)21-19(23)20-13-16(17-4-3-9-27-17)22-7-10-26-11-8-22/h3-6,9,12,16H,7-8,10-11,13H2,1-2H3,(H2,20,21,23). The summed E-state index contributed by atoms with van der Waals surface area (Å²) in [4.78, 5) is 14.7. The van der Waals surface area contributed by atoms with Gasteiger partial charge in [-0.1, -0.05) is 0 Å². The van der Waals surface area contributed by atoms with E-state index >= 15 is 0 Å². The molecular formula is C19H25N3O5. The Bertz CT molecular complexity index is 729. The number of benzene rings is 1. The van der Waals surface area contributed by atoms with E-state index in [1.54, 1.807) is 38.7 Å². The molecule has 0 bridgehead atoms. The Labute approximate surface area is 158 Å². The highest BCUT2D eigenvalue weighted by atomic mass is 16.5. The third-order valence-corrected chi connectivity index (χ3v) is 4.47. The Morgan fingerprint density at radius 2 is 2.04 bits per heavy atom. The van der Waals surface area contributed by atoms with E-state index in [0.29, 0.717) is 36.9 Å². The molecule has 8 heteroatoms. The largest absolute Gasteiger partial charge is 0.497 e. The summed E-state index contributed by atoms with van der Waals surface area (Å²) in [5.41, 5.74) is 0.566. The molecule has 2 aromatic rings. The van der Waals surface area contributed by atoms with E-state index in [-0.39, 0.29) is 12.1 Å². The molecule has 0 aliphatic carbocycles. The fraction of sp³-hybridized carbons (Fsp3) is 0.421. The van der Waals surface area contributed by atoms with Gasteiger partial charge in [0, 0.05) is 25.7 Å². The van der Waals surface area contributed by atoms with E-state index in [1.165, 1.54) is 0 Å². The zero-order valence-corrected chi connectivity index (χ0v) is 15.6. The molecule has 2 N–H and O–H groups in total. The lowest BCUT2D eigenvalue weighted by Crippen LogP contribution is -2.44. The van der Waals surface area contributed by atoms with Crippen molar-refractivity contribution in [3.63, 3.8) is 0 Å². The zero-order valence-electron chi connectivity index (χ0n) is 15.6. The van der Waals surface area contributed by atoms with Crippen molar-refractivity contribution in [3.8, 4) is 11.5 Å². The molecule has 1 fully saturated rings. The van der Waals surface area contributed by atoms with Crippen molar-refractivity contribution in [2.45, 2.75) is 6.04 Å². The summed E-state index contributed by atoms with van der Waals surface area (Å²) < 4.78 is 21.5. The van der Waals surface area contributed by atoms with Gasteiger partial charge in [-0.2, -0.15) is 0 Å². The number of rotatable bonds is 7. The van der Waals surface area contributed by atoms with E-state index in [2.05, 4.69) is 15.5 Å². The number of anilines is 1. The van der Waals surface area contributed by atoms with Crippen LogP contribution >= 0.6 is 0 Å². The van der Waals surface area contributed by atoms with Crippen molar-refractivity contribution in [3.05, 3.63) is 42.4 Å². The van der Waals surface area contributed by atoms with Crippen molar-refractivity contribution < 1.29 is 23.4 Å². The van der Waals surface area contributed by atoms with E-state index in [0.717, 1.165) is 18.8 Å². The molecule has 3 rings (SSSR count). The average Bonchev–Trinajstić information content (AvgIpc) is 3.24. The van der Waals surface area contributed by atoms with Crippen molar-refractivity contribution in [1.29, 1.82) is 0 Å². The van der Waals surface area contributed by atoms with Gasteiger partial charge in [-0.15, -0.1) is 0 Å². The number of morpholine rings is 1. The van der Waals surface area contributed by atoms with Crippen LogP contribution in [0, 0.1) is 0 Å². The number of nitrogens with zero attached hydrogens (tertiary/aromatic N) is 1. The van der Waals surface area contributed by atoms with Gasteiger partial charge in [0.2, 0.25) is 0 Å². The molecule has 1 aliphatic heterocycles.